The number of fused-ring (bicyclic) bond motifs is 1. The number of carbonyl (C=O) groups excluding carboxylic acids is 1. The van der Waals surface area contributed by atoms with Crippen LogP contribution in [0.25, 0.3) is 0 Å². The number of rotatable bonds is 7. The van der Waals surface area contributed by atoms with E-state index in [1.807, 2.05) is 6.07 Å². The number of aryl methyl sites for hydroxylation is 1. The van der Waals surface area contributed by atoms with Crippen LogP contribution in [0.4, 0.5) is 5.69 Å². The van der Waals surface area contributed by atoms with Crippen molar-refractivity contribution in [3.05, 3.63) is 89.2 Å². The SMILES string of the molecule is COC(=O)c1ccncc1CCC1CCOc2cc(N(C)Cc3ccccc3)ccc21. The van der Waals surface area contributed by atoms with Gasteiger partial charge in [-0.05, 0) is 54.0 Å². The van der Waals surface area contributed by atoms with Gasteiger partial charge in [0, 0.05) is 37.7 Å². The average Bonchev–Trinajstić information content (AvgIpc) is 2.82. The Morgan fingerprint density at radius 1 is 1.19 bits per heavy atom. The summed E-state index contributed by atoms with van der Waals surface area (Å²) in [5.41, 5.74) is 5.19. The third-order valence-electron chi connectivity index (χ3n) is 5.94. The molecule has 2 heterocycles. The third-order valence-corrected chi connectivity index (χ3v) is 5.94. The highest BCUT2D eigenvalue weighted by Gasteiger charge is 2.23. The molecule has 3 aromatic rings. The predicted molar refractivity (Wildman–Crippen MR) is 122 cm³/mol. The summed E-state index contributed by atoms with van der Waals surface area (Å²) in [5, 5.41) is 0. The molecule has 1 unspecified atom stereocenters. The molecule has 5 heteroatoms. The lowest BCUT2D eigenvalue weighted by Gasteiger charge is -2.28. The van der Waals surface area contributed by atoms with Crippen LogP contribution in [0.15, 0.2) is 67.0 Å². The molecule has 31 heavy (non-hydrogen) atoms. The van der Waals surface area contributed by atoms with Gasteiger partial charge in [0.1, 0.15) is 5.75 Å². The number of methoxy groups -OCH3 is 1. The summed E-state index contributed by atoms with van der Waals surface area (Å²) in [5.74, 6) is 1.05. The van der Waals surface area contributed by atoms with Crippen molar-refractivity contribution < 1.29 is 14.3 Å². The average molecular weight is 417 g/mol. The summed E-state index contributed by atoms with van der Waals surface area (Å²) in [6.45, 7) is 1.56. The zero-order valence-electron chi connectivity index (χ0n) is 18.1. The van der Waals surface area contributed by atoms with E-state index in [-0.39, 0.29) is 5.97 Å². The number of ether oxygens (including phenoxy) is 2. The van der Waals surface area contributed by atoms with Gasteiger partial charge in [0.2, 0.25) is 0 Å². The van der Waals surface area contributed by atoms with Gasteiger partial charge in [-0.3, -0.25) is 4.98 Å². The molecule has 0 N–H and O–H groups in total. The number of benzene rings is 2. The maximum Gasteiger partial charge on any atom is 0.338 e. The zero-order valence-corrected chi connectivity index (χ0v) is 18.1. The number of carbonyl (C=O) groups is 1. The second-order valence-electron chi connectivity index (χ2n) is 7.96. The Morgan fingerprint density at radius 3 is 2.84 bits per heavy atom. The molecule has 0 saturated heterocycles. The summed E-state index contributed by atoms with van der Waals surface area (Å²) < 4.78 is 10.9. The lowest BCUT2D eigenvalue weighted by atomic mass is 9.87. The van der Waals surface area contributed by atoms with Crippen LogP contribution in [-0.4, -0.2) is 31.7 Å². The van der Waals surface area contributed by atoms with Gasteiger partial charge < -0.3 is 14.4 Å². The van der Waals surface area contributed by atoms with Gasteiger partial charge in [0.05, 0.1) is 19.3 Å². The molecular formula is C26H28N2O3. The van der Waals surface area contributed by atoms with E-state index in [1.165, 1.54) is 18.2 Å². The Morgan fingerprint density at radius 2 is 2.03 bits per heavy atom. The fourth-order valence-electron chi connectivity index (χ4n) is 4.20. The summed E-state index contributed by atoms with van der Waals surface area (Å²) in [6.07, 6.45) is 6.09. The van der Waals surface area contributed by atoms with Gasteiger partial charge in [0.15, 0.2) is 0 Å². The van der Waals surface area contributed by atoms with Crippen LogP contribution in [0.1, 0.15) is 45.8 Å². The number of aromatic nitrogens is 1. The largest absolute Gasteiger partial charge is 0.493 e. The van der Waals surface area contributed by atoms with Crippen molar-refractivity contribution in [1.29, 1.82) is 0 Å². The van der Waals surface area contributed by atoms with Crippen LogP contribution >= 0.6 is 0 Å². The van der Waals surface area contributed by atoms with Crippen molar-refractivity contribution in [3.63, 3.8) is 0 Å². The Kier molecular flexibility index (Phi) is 6.51. The summed E-state index contributed by atoms with van der Waals surface area (Å²) in [7, 11) is 3.51. The predicted octanol–water partition coefficient (Wildman–Crippen LogP) is 5.00. The molecule has 1 aromatic heterocycles. The van der Waals surface area contributed by atoms with E-state index in [9.17, 15) is 4.79 Å². The van der Waals surface area contributed by atoms with E-state index < -0.39 is 0 Å². The van der Waals surface area contributed by atoms with Gasteiger partial charge in [-0.15, -0.1) is 0 Å². The van der Waals surface area contributed by atoms with Crippen molar-refractivity contribution in [1.82, 2.24) is 4.98 Å². The number of hydrogen-bond acceptors (Lipinski definition) is 5. The van der Waals surface area contributed by atoms with Crippen LogP contribution in [0.3, 0.4) is 0 Å². The van der Waals surface area contributed by atoms with Crippen LogP contribution in [-0.2, 0) is 17.7 Å². The molecular weight excluding hydrogens is 388 g/mol. The highest BCUT2D eigenvalue weighted by molar-refractivity contribution is 5.90. The maximum absolute atomic E-state index is 12.0. The van der Waals surface area contributed by atoms with Gasteiger partial charge in [-0.25, -0.2) is 4.79 Å². The number of pyridine rings is 1. The first-order valence-electron chi connectivity index (χ1n) is 10.7. The van der Waals surface area contributed by atoms with Crippen molar-refractivity contribution in [2.24, 2.45) is 0 Å². The quantitative estimate of drug-likeness (QED) is 0.507. The minimum atomic E-state index is -0.309. The normalized spacial score (nSPS) is 15.0. The first-order chi connectivity index (χ1) is 15.2. The van der Waals surface area contributed by atoms with Crippen molar-refractivity contribution in [2.45, 2.75) is 31.7 Å². The molecule has 0 amide bonds. The molecule has 2 aromatic carbocycles. The minimum absolute atomic E-state index is 0.309. The molecule has 0 aliphatic carbocycles. The monoisotopic (exact) mass is 416 g/mol. The zero-order chi connectivity index (χ0) is 21.6. The minimum Gasteiger partial charge on any atom is -0.493 e. The molecule has 1 aliphatic heterocycles. The van der Waals surface area contributed by atoms with Crippen molar-refractivity contribution in [3.8, 4) is 5.75 Å². The van der Waals surface area contributed by atoms with E-state index in [4.69, 9.17) is 9.47 Å². The van der Waals surface area contributed by atoms with Crippen molar-refractivity contribution in [2.75, 3.05) is 25.7 Å². The van der Waals surface area contributed by atoms with Crippen LogP contribution < -0.4 is 9.64 Å². The van der Waals surface area contributed by atoms with Crippen molar-refractivity contribution >= 4 is 11.7 Å². The van der Waals surface area contributed by atoms with Crippen LogP contribution in [0, 0.1) is 0 Å². The third kappa shape index (κ3) is 4.88. The van der Waals surface area contributed by atoms with E-state index in [0.29, 0.717) is 18.1 Å². The van der Waals surface area contributed by atoms with E-state index >= 15 is 0 Å². The molecule has 0 saturated carbocycles. The Bertz CT molecular complexity index is 1040. The van der Waals surface area contributed by atoms with Gasteiger partial charge in [-0.2, -0.15) is 0 Å². The van der Waals surface area contributed by atoms with Gasteiger partial charge in [0.25, 0.3) is 0 Å². The van der Waals surface area contributed by atoms with E-state index in [1.54, 1.807) is 18.5 Å². The Hall–Kier alpha value is -3.34. The lowest BCUT2D eigenvalue weighted by molar-refractivity contribution is 0.0599. The Labute approximate surface area is 183 Å². The number of esters is 1. The first kappa shape index (κ1) is 20.9. The smallest absolute Gasteiger partial charge is 0.338 e. The number of nitrogens with zero attached hydrogens (tertiary/aromatic N) is 2. The topological polar surface area (TPSA) is 51.7 Å². The highest BCUT2D eigenvalue weighted by Crippen LogP contribution is 2.39. The van der Waals surface area contributed by atoms with E-state index in [2.05, 4.69) is 59.4 Å². The molecule has 0 radical (unpaired) electrons. The number of anilines is 1. The van der Waals surface area contributed by atoms with Crippen LogP contribution in [0.2, 0.25) is 0 Å². The van der Waals surface area contributed by atoms with Gasteiger partial charge in [-0.1, -0.05) is 36.4 Å². The molecule has 5 nitrogen and oxygen atoms in total. The second kappa shape index (κ2) is 9.65. The Balaban J connectivity index is 1.47. The summed E-state index contributed by atoms with van der Waals surface area (Å²) in [4.78, 5) is 18.5. The van der Waals surface area contributed by atoms with E-state index in [0.717, 1.165) is 42.8 Å². The second-order valence-corrected chi connectivity index (χ2v) is 7.96. The maximum atomic E-state index is 12.0. The molecule has 1 atom stereocenters. The highest BCUT2D eigenvalue weighted by atomic mass is 16.5. The van der Waals surface area contributed by atoms with Gasteiger partial charge >= 0.3 is 5.97 Å². The molecule has 1 aliphatic rings. The number of hydrogen-bond donors (Lipinski definition) is 0. The standard InChI is InChI=1S/C26H28N2O3/c1-28(18-19-6-4-3-5-7-19)22-10-11-23-20(13-15-31-25(23)16-22)8-9-21-17-27-14-12-24(21)26(29)30-2/h3-7,10-12,14,16-17,20H,8-9,13,15,18H2,1-2H3. The molecule has 0 fully saturated rings. The fourth-order valence-corrected chi connectivity index (χ4v) is 4.20. The fraction of sp³-hybridized carbons (Fsp3) is 0.308. The molecule has 0 spiro atoms. The summed E-state index contributed by atoms with van der Waals surface area (Å²) in [6, 6.07) is 18.7. The summed E-state index contributed by atoms with van der Waals surface area (Å²) >= 11 is 0. The lowest BCUT2D eigenvalue weighted by Crippen LogP contribution is -2.19. The first-order valence-corrected chi connectivity index (χ1v) is 10.7. The van der Waals surface area contributed by atoms with Crippen LogP contribution in [0.5, 0.6) is 5.75 Å². The molecule has 160 valence electrons. The molecule has 0 bridgehead atoms. The molecule has 4 rings (SSSR count).